The maximum atomic E-state index is 12.3. The zero-order valence-electron chi connectivity index (χ0n) is 29.2. The highest BCUT2D eigenvalue weighted by molar-refractivity contribution is 5.83. The molecule has 4 nitrogen and oxygen atoms in total. The largest absolute Gasteiger partial charge is 0.357 e. The molecule has 0 aromatic heterocycles. The van der Waals surface area contributed by atoms with Gasteiger partial charge in [-0.05, 0) is 77.0 Å². The minimum atomic E-state index is 0.210. The summed E-state index contributed by atoms with van der Waals surface area (Å²) in [6, 6.07) is 0. The van der Waals surface area contributed by atoms with Crippen LogP contribution in [0, 0.1) is 0 Å². The average molecular weight is 610 g/mol. The van der Waals surface area contributed by atoms with Crippen LogP contribution >= 0.6 is 0 Å². The quantitative estimate of drug-likeness (QED) is 0.0627. The number of rotatable bonds is 31. The van der Waals surface area contributed by atoms with E-state index in [4.69, 9.17) is 4.99 Å². The Morgan fingerprint density at radius 2 is 1.11 bits per heavy atom. The van der Waals surface area contributed by atoms with Gasteiger partial charge in [0.25, 0.3) is 0 Å². The molecule has 0 radical (unpaired) electrons. The van der Waals surface area contributed by atoms with Crippen LogP contribution in [-0.2, 0) is 4.79 Å². The lowest BCUT2D eigenvalue weighted by molar-refractivity contribution is -0.121. The number of aliphatic imine (C=N–C) groups is 1. The molecule has 1 heterocycles. The Hall–Kier alpha value is -2.10. The minimum absolute atomic E-state index is 0.210. The first-order chi connectivity index (χ1) is 21.8. The van der Waals surface area contributed by atoms with Crippen molar-refractivity contribution in [2.75, 3.05) is 26.2 Å². The van der Waals surface area contributed by atoms with Crippen LogP contribution in [0.5, 0.6) is 0 Å². The van der Waals surface area contributed by atoms with Crippen LogP contribution in [-0.4, -0.2) is 42.8 Å². The first-order valence-electron chi connectivity index (χ1n) is 18.9. The average Bonchev–Trinajstić information content (AvgIpc) is 3.48. The van der Waals surface area contributed by atoms with Crippen molar-refractivity contribution in [1.82, 2.24) is 10.2 Å². The third-order valence-electron chi connectivity index (χ3n) is 8.44. The Balaban J connectivity index is 1.91. The SMILES string of the molecule is CCCCC/C=C\C/C=C\CCCCCCCC(=O)NCCN1CCN=C1CCCCCCC/C=C\C/C=C\CCCCC. The van der Waals surface area contributed by atoms with Gasteiger partial charge < -0.3 is 10.2 Å². The molecule has 0 atom stereocenters. The number of amides is 1. The van der Waals surface area contributed by atoms with Crippen molar-refractivity contribution >= 4 is 11.7 Å². The van der Waals surface area contributed by atoms with Crippen LogP contribution in [0.2, 0.25) is 0 Å². The third-order valence-corrected chi connectivity index (χ3v) is 8.44. The fourth-order valence-electron chi connectivity index (χ4n) is 5.62. The smallest absolute Gasteiger partial charge is 0.220 e. The monoisotopic (exact) mass is 610 g/mol. The molecule has 0 saturated heterocycles. The Bertz CT molecular complexity index is 794. The molecule has 252 valence electrons. The predicted molar refractivity (Wildman–Crippen MR) is 196 cm³/mol. The van der Waals surface area contributed by atoms with Gasteiger partial charge in [0.15, 0.2) is 0 Å². The van der Waals surface area contributed by atoms with E-state index in [0.717, 1.165) is 58.3 Å². The van der Waals surface area contributed by atoms with E-state index in [1.165, 1.54) is 121 Å². The summed E-state index contributed by atoms with van der Waals surface area (Å²) in [5, 5.41) is 3.14. The Morgan fingerprint density at radius 3 is 1.66 bits per heavy atom. The molecule has 0 bridgehead atoms. The van der Waals surface area contributed by atoms with E-state index in [0.29, 0.717) is 6.42 Å². The van der Waals surface area contributed by atoms with Crippen LogP contribution in [0.15, 0.2) is 53.6 Å². The van der Waals surface area contributed by atoms with Crippen LogP contribution in [0.3, 0.4) is 0 Å². The Morgan fingerprint density at radius 1 is 0.636 bits per heavy atom. The van der Waals surface area contributed by atoms with Gasteiger partial charge >= 0.3 is 0 Å². The van der Waals surface area contributed by atoms with Crippen LogP contribution in [0.4, 0.5) is 0 Å². The van der Waals surface area contributed by atoms with Gasteiger partial charge in [-0.1, -0.05) is 127 Å². The van der Waals surface area contributed by atoms with E-state index in [1.807, 2.05) is 0 Å². The fraction of sp³-hybridized carbons (Fsp3) is 0.750. The van der Waals surface area contributed by atoms with Gasteiger partial charge in [-0.2, -0.15) is 0 Å². The summed E-state index contributed by atoms with van der Waals surface area (Å²) in [7, 11) is 0. The lowest BCUT2D eigenvalue weighted by atomic mass is 10.1. The highest BCUT2D eigenvalue weighted by Crippen LogP contribution is 2.13. The highest BCUT2D eigenvalue weighted by Gasteiger charge is 2.16. The van der Waals surface area contributed by atoms with Crippen molar-refractivity contribution in [3.8, 4) is 0 Å². The molecule has 0 saturated carbocycles. The second-order valence-corrected chi connectivity index (χ2v) is 12.6. The lowest BCUT2D eigenvalue weighted by Crippen LogP contribution is -2.36. The van der Waals surface area contributed by atoms with Crippen molar-refractivity contribution in [2.24, 2.45) is 4.99 Å². The van der Waals surface area contributed by atoms with Gasteiger partial charge in [0.05, 0.1) is 12.4 Å². The maximum absolute atomic E-state index is 12.3. The molecule has 1 amide bonds. The number of carbonyl (C=O) groups excluding carboxylic acids is 1. The zero-order valence-corrected chi connectivity index (χ0v) is 29.2. The molecule has 0 unspecified atom stereocenters. The molecule has 0 spiro atoms. The Labute approximate surface area is 274 Å². The maximum Gasteiger partial charge on any atom is 0.220 e. The molecule has 1 aliphatic heterocycles. The number of hydrogen-bond acceptors (Lipinski definition) is 3. The number of amidine groups is 1. The van der Waals surface area contributed by atoms with Crippen molar-refractivity contribution < 1.29 is 4.79 Å². The van der Waals surface area contributed by atoms with Crippen LogP contribution in [0.25, 0.3) is 0 Å². The Kier molecular flexibility index (Phi) is 29.3. The predicted octanol–water partition coefficient (Wildman–Crippen LogP) is 11.4. The molecule has 0 aliphatic carbocycles. The van der Waals surface area contributed by atoms with Crippen molar-refractivity contribution in [3.05, 3.63) is 48.6 Å². The van der Waals surface area contributed by atoms with E-state index >= 15 is 0 Å². The summed E-state index contributed by atoms with van der Waals surface area (Å²) >= 11 is 0. The van der Waals surface area contributed by atoms with E-state index < -0.39 is 0 Å². The standard InChI is InChI=1S/C40H71N3O/c1-3-5-7-9-11-13-15-17-19-21-23-25-27-29-31-33-39-41-35-37-43(39)38-36-42-40(44)34-32-30-28-26-24-22-20-18-16-14-12-10-8-6-4-2/h11-14,17-20H,3-10,15-16,21-38H2,1-2H3,(H,42,44)/b13-11-,14-12-,19-17-,20-18-. The number of hydrogen-bond donors (Lipinski definition) is 1. The van der Waals surface area contributed by atoms with Crippen molar-refractivity contribution in [2.45, 2.75) is 168 Å². The van der Waals surface area contributed by atoms with Gasteiger partial charge in [-0.25, -0.2) is 0 Å². The van der Waals surface area contributed by atoms with E-state index in [-0.39, 0.29) is 5.91 Å². The van der Waals surface area contributed by atoms with Crippen LogP contribution in [0.1, 0.15) is 168 Å². The number of allylic oxidation sites excluding steroid dienone is 8. The first-order valence-corrected chi connectivity index (χ1v) is 18.9. The summed E-state index contributed by atoms with van der Waals surface area (Å²) in [6.07, 6.45) is 47.7. The number of unbranched alkanes of at least 4 members (excludes halogenated alkanes) is 16. The molecule has 4 heteroatoms. The fourth-order valence-corrected chi connectivity index (χ4v) is 5.62. The van der Waals surface area contributed by atoms with E-state index in [1.54, 1.807) is 0 Å². The summed E-state index contributed by atoms with van der Waals surface area (Å²) < 4.78 is 0. The number of carbonyl (C=O) groups is 1. The van der Waals surface area contributed by atoms with E-state index in [9.17, 15) is 4.79 Å². The van der Waals surface area contributed by atoms with Gasteiger partial charge in [0, 0.05) is 32.5 Å². The van der Waals surface area contributed by atoms with Crippen molar-refractivity contribution in [1.29, 1.82) is 0 Å². The summed E-state index contributed by atoms with van der Waals surface area (Å²) in [5.41, 5.74) is 0. The third kappa shape index (κ3) is 26.3. The van der Waals surface area contributed by atoms with Gasteiger partial charge in [0.1, 0.15) is 0 Å². The molecular weight excluding hydrogens is 538 g/mol. The molecular formula is C40H71N3O. The molecule has 44 heavy (non-hydrogen) atoms. The molecule has 0 aromatic carbocycles. The normalized spacial score (nSPS) is 13.9. The number of nitrogens with one attached hydrogen (secondary N) is 1. The molecule has 1 aliphatic rings. The molecule has 0 aromatic rings. The summed E-state index contributed by atoms with van der Waals surface area (Å²) in [5.74, 6) is 1.47. The first kappa shape index (κ1) is 39.9. The van der Waals surface area contributed by atoms with Crippen molar-refractivity contribution in [3.63, 3.8) is 0 Å². The van der Waals surface area contributed by atoms with E-state index in [2.05, 4.69) is 72.7 Å². The molecule has 0 fully saturated rings. The lowest BCUT2D eigenvalue weighted by Gasteiger charge is -2.20. The van der Waals surface area contributed by atoms with Gasteiger partial charge in [-0.15, -0.1) is 0 Å². The number of nitrogens with zero attached hydrogens (tertiary/aromatic N) is 2. The molecule has 1 N–H and O–H groups in total. The van der Waals surface area contributed by atoms with Gasteiger partial charge in [0.2, 0.25) is 5.91 Å². The second kappa shape index (κ2) is 32.3. The highest BCUT2D eigenvalue weighted by atomic mass is 16.1. The minimum Gasteiger partial charge on any atom is -0.357 e. The topological polar surface area (TPSA) is 44.7 Å². The molecule has 1 rings (SSSR count). The second-order valence-electron chi connectivity index (χ2n) is 12.6. The zero-order chi connectivity index (χ0) is 31.6. The van der Waals surface area contributed by atoms with Gasteiger partial charge in [-0.3, -0.25) is 9.79 Å². The summed E-state index contributed by atoms with van der Waals surface area (Å²) in [6.45, 7) is 8.07. The van der Waals surface area contributed by atoms with Crippen LogP contribution < -0.4 is 5.32 Å². The summed E-state index contributed by atoms with van der Waals surface area (Å²) in [4.78, 5) is 19.4.